The minimum Gasteiger partial charge on any atom is -0.387 e. The molecule has 1 fully saturated rings. The Morgan fingerprint density at radius 3 is 2.45 bits per heavy atom. The summed E-state index contributed by atoms with van der Waals surface area (Å²) in [6.07, 6.45) is -0.998. The van der Waals surface area contributed by atoms with Crippen LogP contribution in [0, 0.1) is 5.41 Å². The van der Waals surface area contributed by atoms with E-state index < -0.39 is 36.4 Å². The predicted molar refractivity (Wildman–Crippen MR) is 125 cm³/mol. The maximum atomic E-state index is 13.1. The number of nitrogens with zero attached hydrogens (tertiary/aromatic N) is 1. The Balaban J connectivity index is 2.05. The van der Waals surface area contributed by atoms with Gasteiger partial charge in [-0.05, 0) is 30.2 Å². The molecule has 8 nitrogen and oxygen atoms in total. The van der Waals surface area contributed by atoms with Crippen LogP contribution in [0.4, 0.5) is 0 Å². The van der Waals surface area contributed by atoms with Crippen molar-refractivity contribution in [1.29, 1.82) is 0 Å². The summed E-state index contributed by atoms with van der Waals surface area (Å²) >= 11 is 0. The molecule has 0 aliphatic carbocycles. The van der Waals surface area contributed by atoms with Crippen molar-refractivity contribution in [2.24, 2.45) is 5.41 Å². The standard InChI is InChI=1S/C25H38N2O6/c1-25(2,3)14-13-19(28)20(29)21(30)22(33-4)23(31)26-18-12-8-9-15-27(24(18)32)16-17-10-6-5-7-11-17/h5-7,10-11,13-14,18-22,28-30H,8-9,12,15-16H2,1-4H3,(H,26,31)/t18-,19+,20-,21+,22+/m0/s1. The number of rotatable bonds is 9. The van der Waals surface area contributed by atoms with Gasteiger partial charge in [0.2, 0.25) is 5.91 Å². The highest BCUT2D eigenvalue weighted by Gasteiger charge is 2.37. The molecule has 0 unspecified atom stereocenters. The van der Waals surface area contributed by atoms with Gasteiger partial charge in [0.25, 0.3) is 5.91 Å². The summed E-state index contributed by atoms with van der Waals surface area (Å²) in [6.45, 7) is 6.83. The molecular formula is C25H38N2O6. The fourth-order valence-electron chi connectivity index (χ4n) is 3.74. The Bertz CT molecular complexity index is 792. The lowest BCUT2D eigenvalue weighted by atomic mass is 9.94. The Labute approximate surface area is 196 Å². The smallest absolute Gasteiger partial charge is 0.252 e. The molecule has 33 heavy (non-hydrogen) atoms. The summed E-state index contributed by atoms with van der Waals surface area (Å²) in [5.74, 6) is -0.904. The highest BCUT2D eigenvalue weighted by atomic mass is 16.5. The van der Waals surface area contributed by atoms with Crippen LogP contribution in [-0.4, -0.2) is 76.1 Å². The van der Waals surface area contributed by atoms with E-state index in [1.54, 1.807) is 11.0 Å². The van der Waals surface area contributed by atoms with Crippen molar-refractivity contribution in [3.8, 4) is 0 Å². The van der Waals surface area contributed by atoms with Gasteiger partial charge in [-0.25, -0.2) is 0 Å². The van der Waals surface area contributed by atoms with E-state index in [0.717, 1.165) is 18.4 Å². The number of ether oxygens (including phenoxy) is 1. The number of hydrogen-bond donors (Lipinski definition) is 4. The molecule has 0 bridgehead atoms. The van der Waals surface area contributed by atoms with Crippen molar-refractivity contribution >= 4 is 11.8 Å². The van der Waals surface area contributed by atoms with Gasteiger partial charge in [-0.2, -0.15) is 0 Å². The minimum absolute atomic E-state index is 0.192. The van der Waals surface area contributed by atoms with E-state index in [4.69, 9.17) is 4.74 Å². The van der Waals surface area contributed by atoms with Crippen molar-refractivity contribution in [3.63, 3.8) is 0 Å². The Kier molecular flexibility index (Phi) is 10.0. The largest absolute Gasteiger partial charge is 0.387 e. The van der Waals surface area contributed by atoms with Crippen LogP contribution in [0.5, 0.6) is 0 Å². The first-order valence-electron chi connectivity index (χ1n) is 11.4. The van der Waals surface area contributed by atoms with Gasteiger partial charge in [-0.1, -0.05) is 63.3 Å². The molecule has 5 atom stereocenters. The summed E-state index contributed by atoms with van der Waals surface area (Å²) in [5.41, 5.74) is 0.776. The number of amides is 2. The highest BCUT2D eigenvalue weighted by Crippen LogP contribution is 2.18. The number of nitrogens with one attached hydrogen (secondary N) is 1. The second kappa shape index (κ2) is 12.3. The van der Waals surface area contributed by atoms with Crippen LogP contribution in [0.15, 0.2) is 42.5 Å². The van der Waals surface area contributed by atoms with Crippen molar-refractivity contribution in [3.05, 3.63) is 48.0 Å². The molecule has 8 heteroatoms. The first-order valence-corrected chi connectivity index (χ1v) is 11.4. The lowest BCUT2D eigenvalue weighted by Crippen LogP contribution is -2.55. The molecule has 0 radical (unpaired) electrons. The summed E-state index contributed by atoms with van der Waals surface area (Å²) in [7, 11) is 1.23. The minimum atomic E-state index is -1.68. The third-order valence-corrected chi connectivity index (χ3v) is 5.63. The van der Waals surface area contributed by atoms with Gasteiger partial charge in [0.05, 0.1) is 0 Å². The van der Waals surface area contributed by atoms with Crippen molar-refractivity contribution < 1.29 is 29.6 Å². The number of allylic oxidation sites excluding steroid dienone is 1. The lowest BCUT2D eigenvalue weighted by Gasteiger charge is -2.29. The lowest BCUT2D eigenvalue weighted by molar-refractivity contribution is -0.151. The predicted octanol–water partition coefficient (Wildman–Crippen LogP) is 1.38. The number of aliphatic hydroxyl groups is 3. The van der Waals surface area contributed by atoms with Gasteiger partial charge >= 0.3 is 0 Å². The molecule has 1 heterocycles. The normalized spacial score (nSPS) is 21.4. The van der Waals surface area contributed by atoms with Crippen molar-refractivity contribution in [2.45, 2.75) is 77.0 Å². The van der Waals surface area contributed by atoms with E-state index in [2.05, 4.69) is 5.32 Å². The number of hydrogen-bond acceptors (Lipinski definition) is 6. The molecular weight excluding hydrogens is 424 g/mol. The summed E-state index contributed by atoms with van der Waals surface area (Å²) in [6, 6.07) is 8.89. The zero-order chi connectivity index (χ0) is 24.6. The molecule has 0 saturated carbocycles. The van der Waals surface area contributed by atoms with Crippen LogP contribution in [0.1, 0.15) is 45.6 Å². The fraction of sp³-hybridized carbons (Fsp3) is 0.600. The average Bonchev–Trinajstić information content (AvgIpc) is 2.93. The molecule has 184 valence electrons. The van der Waals surface area contributed by atoms with E-state index in [0.29, 0.717) is 19.5 Å². The Hall–Kier alpha value is -2.26. The molecule has 1 aliphatic rings. The average molecular weight is 463 g/mol. The van der Waals surface area contributed by atoms with Gasteiger partial charge in [0, 0.05) is 20.2 Å². The molecule has 2 amide bonds. The monoisotopic (exact) mass is 462 g/mol. The Morgan fingerprint density at radius 2 is 1.85 bits per heavy atom. The number of carbonyl (C=O) groups is 2. The van der Waals surface area contributed by atoms with Crippen LogP contribution in [-0.2, 0) is 20.9 Å². The van der Waals surface area contributed by atoms with Gasteiger partial charge in [0.1, 0.15) is 24.4 Å². The van der Waals surface area contributed by atoms with E-state index in [-0.39, 0.29) is 11.3 Å². The van der Waals surface area contributed by atoms with Crippen molar-refractivity contribution in [1.82, 2.24) is 10.2 Å². The summed E-state index contributed by atoms with van der Waals surface area (Å²) < 4.78 is 5.14. The van der Waals surface area contributed by atoms with E-state index in [1.165, 1.54) is 13.2 Å². The second-order valence-corrected chi connectivity index (χ2v) is 9.66. The molecule has 0 aromatic heterocycles. The molecule has 1 saturated heterocycles. The van der Waals surface area contributed by atoms with Crippen LogP contribution >= 0.6 is 0 Å². The van der Waals surface area contributed by atoms with Crippen LogP contribution in [0.3, 0.4) is 0 Å². The van der Waals surface area contributed by atoms with Gasteiger partial charge < -0.3 is 30.3 Å². The summed E-state index contributed by atoms with van der Waals surface area (Å²) in [4.78, 5) is 27.7. The zero-order valence-corrected chi connectivity index (χ0v) is 20.0. The van der Waals surface area contributed by atoms with Gasteiger partial charge in [-0.3, -0.25) is 9.59 Å². The first kappa shape index (κ1) is 27.0. The Morgan fingerprint density at radius 1 is 1.18 bits per heavy atom. The molecule has 2 rings (SSSR count). The van der Waals surface area contributed by atoms with Crippen molar-refractivity contribution in [2.75, 3.05) is 13.7 Å². The van der Waals surface area contributed by atoms with Crippen LogP contribution in [0.25, 0.3) is 0 Å². The van der Waals surface area contributed by atoms with Gasteiger partial charge in [-0.15, -0.1) is 0 Å². The zero-order valence-electron chi connectivity index (χ0n) is 20.0. The third kappa shape index (κ3) is 8.23. The maximum Gasteiger partial charge on any atom is 0.252 e. The van der Waals surface area contributed by atoms with Crippen LogP contribution in [0.2, 0.25) is 0 Å². The number of aliphatic hydroxyl groups excluding tert-OH is 3. The molecule has 1 aliphatic heterocycles. The van der Waals surface area contributed by atoms with E-state index >= 15 is 0 Å². The molecule has 0 spiro atoms. The molecule has 1 aromatic carbocycles. The maximum absolute atomic E-state index is 13.1. The number of carbonyl (C=O) groups excluding carboxylic acids is 2. The molecule has 1 aromatic rings. The highest BCUT2D eigenvalue weighted by molar-refractivity contribution is 5.89. The topological polar surface area (TPSA) is 119 Å². The number of likely N-dealkylation sites (tertiary alicyclic amines) is 1. The van der Waals surface area contributed by atoms with Gasteiger partial charge in [0.15, 0.2) is 6.10 Å². The van der Waals surface area contributed by atoms with Crippen LogP contribution < -0.4 is 5.32 Å². The number of benzene rings is 1. The number of methoxy groups -OCH3 is 1. The fourth-order valence-corrected chi connectivity index (χ4v) is 3.74. The van der Waals surface area contributed by atoms with E-state index in [1.807, 2.05) is 51.1 Å². The third-order valence-electron chi connectivity index (χ3n) is 5.63. The molecule has 4 N–H and O–H groups in total. The first-order chi connectivity index (χ1) is 15.5. The second-order valence-electron chi connectivity index (χ2n) is 9.66. The quantitative estimate of drug-likeness (QED) is 0.412. The summed E-state index contributed by atoms with van der Waals surface area (Å²) in [5, 5.41) is 33.8. The van der Waals surface area contributed by atoms with E-state index in [9.17, 15) is 24.9 Å². The SMILES string of the molecule is CO[C@@H](C(=O)N[C@H]1CCCCN(Cc2ccccc2)C1=O)[C@H](O)[C@@H](O)[C@H](O)C=CC(C)(C)C.